The van der Waals surface area contributed by atoms with Gasteiger partial charge in [-0.1, -0.05) is 18.2 Å². The summed E-state index contributed by atoms with van der Waals surface area (Å²) in [5, 5.41) is 10.5. The van der Waals surface area contributed by atoms with Gasteiger partial charge in [0.1, 0.15) is 17.4 Å². The number of fused-ring (bicyclic) bond motifs is 1. The first kappa shape index (κ1) is 24.8. The molecule has 3 aromatic rings. The maximum absolute atomic E-state index is 12.0. The molecule has 1 unspecified atom stereocenters. The molecule has 0 radical (unpaired) electrons. The fourth-order valence-corrected chi connectivity index (χ4v) is 3.70. The van der Waals surface area contributed by atoms with E-state index in [0.29, 0.717) is 18.4 Å². The Morgan fingerprint density at radius 1 is 1.09 bits per heavy atom. The average molecular weight is 467 g/mol. The van der Waals surface area contributed by atoms with Gasteiger partial charge >= 0.3 is 12.1 Å². The van der Waals surface area contributed by atoms with Crippen molar-refractivity contribution in [3.05, 3.63) is 65.0 Å². The number of nitrogens with one attached hydrogen (secondary N) is 1. The van der Waals surface area contributed by atoms with Gasteiger partial charge in [-0.15, -0.1) is 0 Å². The standard InChI is InChI=1S/C16H13NO2.C10H17NO4/c1-19-13-8-6-11(7-9-13)15-10-12-4-2-3-5-14(12)16(18)17-15;1-10(2,3)15-9(14)11-6-4-5-7(11)8(12)13/h2-10H,1H3,(H,17,18);7H,4-6H2,1-3H3,(H,12,13). The van der Waals surface area contributed by atoms with Crippen molar-refractivity contribution < 1.29 is 24.2 Å². The van der Waals surface area contributed by atoms with Gasteiger partial charge in [0.2, 0.25) is 0 Å². The Balaban J connectivity index is 0.000000197. The first-order valence-corrected chi connectivity index (χ1v) is 11.1. The van der Waals surface area contributed by atoms with E-state index in [9.17, 15) is 14.4 Å². The largest absolute Gasteiger partial charge is 0.497 e. The van der Waals surface area contributed by atoms with E-state index in [2.05, 4.69) is 4.98 Å². The number of pyridine rings is 1. The summed E-state index contributed by atoms with van der Waals surface area (Å²) in [7, 11) is 1.63. The summed E-state index contributed by atoms with van der Waals surface area (Å²) >= 11 is 0. The number of likely N-dealkylation sites (tertiary alicyclic amines) is 1. The third-order valence-electron chi connectivity index (χ3n) is 5.32. The maximum Gasteiger partial charge on any atom is 0.411 e. The van der Waals surface area contributed by atoms with E-state index < -0.39 is 23.7 Å². The van der Waals surface area contributed by atoms with E-state index in [1.54, 1.807) is 27.9 Å². The average Bonchev–Trinajstić information content (AvgIpc) is 3.29. The minimum Gasteiger partial charge on any atom is -0.497 e. The number of carboxylic acid groups (broad SMARTS) is 1. The van der Waals surface area contributed by atoms with E-state index in [4.69, 9.17) is 14.6 Å². The molecule has 8 heteroatoms. The van der Waals surface area contributed by atoms with E-state index in [1.165, 1.54) is 4.90 Å². The number of aliphatic carboxylic acids is 1. The van der Waals surface area contributed by atoms with E-state index in [0.717, 1.165) is 28.8 Å². The number of benzene rings is 2. The van der Waals surface area contributed by atoms with E-state index in [1.807, 2.05) is 54.6 Å². The predicted octanol–water partition coefficient (Wildman–Crippen LogP) is 4.67. The van der Waals surface area contributed by atoms with Crippen LogP contribution in [-0.2, 0) is 9.53 Å². The van der Waals surface area contributed by atoms with Gasteiger partial charge in [0.25, 0.3) is 5.56 Å². The van der Waals surface area contributed by atoms with Crippen molar-refractivity contribution in [2.75, 3.05) is 13.7 Å². The molecule has 1 atom stereocenters. The van der Waals surface area contributed by atoms with Gasteiger partial charge in [-0.05, 0) is 81.0 Å². The zero-order valence-electron chi connectivity index (χ0n) is 19.8. The molecule has 8 nitrogen and oxygen atoms in total. The van der Waals surface area contributed by atoms with Crippen molar-refractivity contribution in [3.8, 4) is 17.0 Å². The van der Waals surface area contributed by atoms with Crippen LogP contribution in [0.2, 0.25) is 0 Å². The van der Waals surface area contributed by atoms with Crippen LogP contribution in [0, 0.1) is 0 Å². The lowest BCUT2D eigenvalue weighted by Crippen LogP contribution is -2.43. The molecule has 0 saturated carbocycles. The summed E-state index contributed by atoms with van der Waals surface area (Å²) in [5.74, 6) is -0.162. The predicted molar refractivity (Wildman–Crippen MR) is 130 cm³/mol. The number of nitrogens with zero attached hydrogens (tertiary/aromatic N) is 1. The van der Waals surface area contributed by atoms with Gasteiger partial charge < -0.3 is 19.6 Å². The van der Waals surface area contributed by atoms with Crippen molar-refractivity contribution in [1.29, 1.82) is 0 Å². The fourth-order valence-electron chi connectivity index (χ4n) is 3.70. The number of methoxy groups -OCH3 is 1. The number of aromatic amines is 1. The van der Waals surface area contributed by atoms with E-state index >= 15 is 0 Å². The molecule has 0 aliphatic carbocycles. The normalized spacial score (nSPS) is 15.4. The Morgan fingerprint density at radius 3 is 2.38 bits per heavy atom. The molecule has 1 aliphatic heterocycles. The number of carbonyl (C=O) groups excluding carboxylic acids is 1. The molecule has 180 valence electrons. The minimum absolute atomic E-state index is 0.0658. The van der Waals surface area contributed by atoms with Gasteiger partial charge in [0, 0.05) is 17.6 Å². The molecule has 0 bridgehead atoms. The Morgan fingerprint density at radius 2 is 1.76 bits per heavy atom. The molecule has 2 aromatic carbocycles. The zero-order valence-corrected chi connectivity index (χ0v) is 19.8. The quantitative estimate of drug-likeness (QED) is 0.580. The summed E-state index contributed by atoms with van der Waals surface area (Å²) in [5.41, 5.74) is 1.13. The molecule has 34 heavy (non-hydrogen) atoms. The molecular weight excluding hydrogens is 436 g/mol. The lowest BCUT2D eigenvalue weighted by molar-refractivity contribution is -0.142. The third-order valence-corrected chi connectivity index (χ3v) is 5.32. The SMILES string of the molecule is CC(C)(C)OC(=O)N1CCCC1C(=O)O.COc1ccc(-c2cc3ccccc3c(=O)[nH]2)cc1. The molecule has 2 N–H and O–H groups in total. The van der Waals surface area contributed by atoms with Crippen LogP contribution >= 0.6 is 0 Å². The van der Waals surface area contributed by atoms with Crippen molar-refractivity contribution in [3.63, 3.8) is 0 Å². The number of carbonyl (C=O) groups is 2. The highest BCUT2D eigenvalue weighted by Gasteiger charge is 2.36. The number of ether oxygens (including phenoxy) is 2. The second kappa shape index (κ2) is 10.4. The van der Waals surface area contributed by atoms with Crippen LogP contribution in [0.15, 0.2) is 59.4 Å². The van der Waals surface area contributed by atoms with Crippen LogP contribution in [0.4, 0.5) is 4.79 Å². The second-order valence-electron chi connectivity index (χ2n) is 9.00. The Kier molecular flexibility index (Phi) is 7.61. The van der Waals surface area contributed by atoms with Crippen molar-refractivity contribution in [2.24, 2.45) is 0 Å². The molecule has 1 saturated heterocycles. The summed E-state index contributed by atoms with van der Waals surface area (Å²) < 4.78 is 10.3. The number of carboxylic acids is 1. The van der Waals surface area contributed by atoms with Gasteiger partial charge in [-0.3, -0.25) is 9.69 Å². The highest BCUT2D eigenvalue weighted by molar-refractivity contribution is 5.85. The second-order valence-corrected chi connectivity index (χ2v) is 9.00. The van der Waals surface area contributed by atoms with Gasteiger partial charge in [0.15, 0.2) is 0 Å². The molecule has 1 fully saturated rings. The van der Waals surface area contributed by atoms with Crippen LogP contribution in [-0.4, -0.2) is 52.4 Å². The highest BCUT2D eigenvalue weighted by atomic mass is 16.6. The Labute approximate surface area is 198 Å². The number of hydrogen-bond donors (Lipinski definition) is 2. The van der Waals surface area contributed by atoms with Gasteiger partial charge in [-0.2, -0.15) is 0 Å². The molecule has 2 heterocycles. The highest BCUT2D eigenvalue weighted by Crippen LogP contribution is 2.23. The number of hydrogen-bond acceptors (Lipinski definition) is 5. The van der Waals surface area contributed by atoms with Crippen molar-refractivity contribution in [1.82, 2.24) is 9.88 Å². The first-order chi connectivity index (χ1) is 16.1. The molecule has 4 rings (SSSR count). The minimum atomic E-state index is -0.960. The summed E-state index contributed by atoms with van der Waals surface area (Å²) in [6.07, 6.45) is 0.692. The lowest BCUT2D eigenvalue weighted by Gasteiger charge is -2.26. The van der Waals surface area contributed by atoms with Crippen LogP contribution in [0.25, 0.3) is 22.0 Å². The maximum atomic E-state index is 12.0. The van der Waals surface area contributed by atoms with Gasteiger partial charge in [-0.25, -0.2) is 9.59 Å². The number of H-pyrrole nitrogens is 1. The molecule has 0 spiro atoms. The third kappa shape index (κ3) is 6.15. The Bertz CT molecular complexity index is 1210. The van der Waals surface area contributed by atoms with Crippen molar-refractivity contribution in [2.45, 2.75) is 45.3 Å². The monoisotopic (exact) mass is 466 g/mol. The van der Waals surface area contributed by atoms with E-state index in [-0.39, 0.29) is 5.56 Å². The van der Waals surface area contributed by atoms with Crippen LogP contribution < -0.4 is 10.3 Å². The molecular formula is C26H30N2O6. The lowest BCUT2D eigenvalue weighted by atomic mass is 10.1. The molecule has 1 aliphatic rings. The smallest absolute Gasteiger partial charge is 0.411 e. The van der Waals surface area contributed by atoms with Crippen LogP contribution in [0.1, 0.15) is 33.6 Å². The summed E-state index contributed by atoms with van der Waals surface area (Å²) in [6.45, 7) is 5.75. The molecule has 1 aromatic heterocycles. The first-order valence-electron chi connectivity index (χ1n) is 11.1. The number of amides is 1. The van der Waals surface area contributed by atoms with Crippen LogP contribution in [0.5, 0.6) is 5.75 Å². The molecule has 1 amide bonds. The topological polar surface area (TPSA) is 109 Å². The number of rotatable bonds is 3. The fraction of sp³-hybridized carbons (Fsp3) is 0.346. The van der Waals surface area contributed by atoms with Crippen molar-refractivity contribution >= 4 is 22.8 Å². The zero-order chi connectivity index (χ0) is 24.9. The van der Waals surface area contributed by atoms with Gasteiger partial charge in [0.05, 0.1) is 7.11 Å². The number of aromatic nitrogens is 1. The Hall–Kier alpha value is -3.81. The summed E-state index contributed by atoms with van der Waals surface area (Å²) in [6, 6.07) is 16.4. The van der Waals surface area contributed by atoms with Crippen LogP contribution in [0.3, 0.4) is 0 Å². The summed E-state index contributed by atoms with van der Waals surface area (Å²) in [4.78, 5) is 38.7.